The molecule has 0 unspecified atom stereocenters. The first-order valence-corrected chi connectivity index (χ1v) is 11.1. The highest BCUT2D eigenvalue weighted by Crippen LogP contribution is 2.53. The van der Waals surface area contributed by atoms with Crippen LogP contribution in [0.15, 0.2) is 48.5 Å². The van der Waals surface area contributed by atoms with Crippen LogP contribution in [0.25, 0.3) is 0 Å². The third-order valence-electron chi connectivity index (χ3n) is 3.92. The summed E-state index contributed by atoms with van der Waals surface area (Å²) in [5.74, 6) is 1.07. The van der Waals surface area contributed by atoms with Gasteiger partial charge in [-0.05, 0) is 24.3 Å². The molecule has 0 atom stereocenters. The molecule has 2 fully saturated rings. The summed E-state index contributed by atoms with van der Waals surface area (Å²) in [4.78, 5) is 0. The van der Waals surface area contributed by atoms with Gasteiger partial charge in [0.15, 0.2) is 0 Å². The highest BCUT2D eigenvalue weighted by molar-refractivity contribution is 7.42. The van der Waals surface area contributed by atoms with Crippen molar-refractivity contribution in [1.29, 1.82) is 0 Å². The maximum Gasteiger partial charge on any atom is 0.397 e. The van der Waals surface area contributed by atoms with Gasteiger partial charge in [0.05, 0.1) is 41.9 Å². The molecule has 6 nitrogen and oxygen atoms in total. The number of halogens is 2. The van der Waals surface area contributed by atoms with Crippen molar-refractivity contribution >= 4 is 40.4 Å². The summed E-state index contributed by atoms with van der Waals surface area (Å²) in [5, 5.41) is 1.03. The second-order valence-electron chi connectivity index (χ2n) is 6.08. The van der Waals surface area contributed by atoms with E-state index in [0.717, 1.165) is 0 Å². The smallest absolute Gasteiger partial charge is 0.397 e. The molecular formula is C17H16Cl2O6P2. The first-order chi connectivity index (χ1) is 13.1. The molecule has 2 aromatic rings. The molecule has 2 heterocycles. The summed E-state index contributed by atoms with van der Waals surface area (Å²) in [7, 11) is -3.02. The van der Waals surface area contributed by atoms with Crippen LogP contribution in [0.2, 0.25) is 10.0 Å². The normalized spacial score (nSPS) is 28.1. The maximum absolute atomic E-state index is 6.09. The molecule has 0 bridgehead atoms. The first-order valence-electron chi connectivity index (χ1n) is 8.11. The van der Waals surface area contributed by atoms with Crippen LogP contribution in [0.3, 0.4) is 0 Å². The van der Waals surface area contributed by atoms with Gasteiger partial charge in [-0.2, -0.15) is 0 Å². The molecule has 0 saturated carbocycles. The monoisotopic (exact) mass is 448 g/mol. The van der Waals surface area contributed by atoms with Crippen molar-refractivity contribution in [3.8, 4) is 11.5 Å². The topological polar surface area (TPSA) is 55.4 Å². The lowest BCUT2D eigenvalue weighted by atomic mass is 9.93. The largest absolute Gasteiger partial charge is 0.425 e. The number of hydrogen-bond donors (Lipinski definition) is 0. The molecule has 0 radical (unpaired) electrons. The predicted molar refractivity (Wildman–Crippen MR) is 104 cm³/mol. The fourth-order valence-electron chi connectivity index (χ4n) is 2.39. The van der Waals surface area contributed by atoms with Gasteiger partial charge in [-0.3, -0.25) is 0 Å². The first kappa shape index (κ1) is 19.6. The average Bonchev–Trinajstić information content (AvgIpc) is 2.69. The van der Waals surface area contributed by atoms with Crippen molar-refractivity contribution in [1.82, 2.24) is 0 Å². The highest BCUT2D eigenvalue weighted by Gasteiger charge is 2.45. The second kappa shape index (κ2) is 8.77. The zero-order valence-corrected chi connectivity index (χ0v) is 17.3. The van der Waals surface area contributed by atoms with Gasteiger partial charge in [0, 0.05) is 0 Å². The van der Waals surface area contributed by atoms with Crippen molar-refractivity contribution in [2.75, 3.05) is 26.4 Å². The highest BCUT2D eigenvalue weighted by atomic mass is 35.5. The molecule has 4 rings (SSSR count). The van der Waals surface area contributed by atoms with E-state index in [4.69, 9.17) is 50.3 Å². The van der Waals surface area contributed by atoms with Crippen molar-refractivity contribution in [2.24, 2.45) is 5.41 Å². The van der Waals surface area contributed by atoms with E-state index < -0.39 is 17.2 Å². The lowest BCUT2D eigenvalue weighted by Gasteiger charge is -2.41. The molecule has 2 aromatic carbocycles. The lowest BCUT2D eigenvalue weighted by Crippen LogP contribution is -2.45. The molecule has 0 aliphatic carbocycles. The number of rotatable bonds is 4. The van der Waals surface area contributed by atoms with Gasteiger partial charge in [-0.15, -0.1) is 0 Å². The Morgan fingerprint density at radius 2 is 1.04 bits per heavy atom. The molecular weight excluding hydrogens is 433 g/mol. The Labute approximate surface area is 169 Å². The number of para-hydroxylation sites is 2. The van der Waals surface area contributed by atoms with Gasteiger partial charge >= 0.3 is 17.2 Å². The molecule has 0 aromatic heterocycles. The van der Waals surface area contributed by atoms with Crippen LogP contribution in [0.1, 0.15) is 0 Å². The summed E-state index contributed by atoms with van der Waals surface area (Å²) in [6.45, 7) is 1.60. The molecule has 2 saturated heterocycles. The zero-order chi connectivity index (χ0) is 18.7. The van der Waals surface area contributed by atoms with E-state index in [1.54, 1.807) is 24.3 Å². The van der Waals surface area contributed by atoms with E-state index in [1.807, 2.05) is 24.3 Å². The summed E-state index contributed by atoms with van der Waals surface area (Å²) < 4.78 is 34.4. The quantitative estimate of drug-likeness (QED) is 0.535. The van der Waals surface area contributed by atoms with Crippen LogP contribution >= 0.6 is 40.4 Å². The van der Waals surface area contributed by atoms with Crippen LogP contribution in [0.5, 0.6) is 11.5 Å². The maximum atomic E-state index is 6.09. The van der Waals surface area contributed by atoms with E-state index in [0.29, 0.717) is 48.0 Å². The Bertz CT molecular complexity index is 711. The molecule has 0 amide bonds. The fraction of sp³-hybridized carbons (Fsp3) is 0.294. The van der Waals surface area contributed by atoms with Gasteiger partial charge in [0.2, 0.25) is 0 Å². The van der Waals surface area contributed by atoms with E-state index >= 15 is 0 Å². The van der Waals surface area contributed by atoms with Crippen molar-refractivity contribution in [2.45, 2.75) is 0 Å². The average molecular weight is 449 g/mol. The van der Waals surface area contributed by atoms with Gasteiger partial charge in [0.25, 0.3) is 0 Å². The van der Waals surface area contributed by atoms with E-state index in [1.165, 1.54) is 0 Å². The Morgan fingerprint density at radius 1 is 0.667 bits per heavy atom. The lowest BCUT2D eigenvalue weighted by molar-refractivity contribution is -0.0672. The van der Waals surface area contributed by atoms with Gasteiger partial charge in [0.1, 0.15) is 11.5 Å². The van der Waals surface area contributed by atoms with Gasteiger partial charge < -0.3 is 27.1 Å². The minimum absolute atomic E-state index is 0.384. The summed E-state index contributed by atoms with van der Waals surface area (Å²) in [6.07, 6.45) is 0. The molecule has 2 aliphatic heterocycles. The minimum atomic E-state index is -1.51. The molecule has 27 heavy (non-hydrogen) atoms. The van der Waals surface area contributed by atoms with E-state index in [2.05, 4.69) is 0 Å². The van der Waals surface area contributed by atoms with E-state index in [9.17, 15) is 0 Å². The van der Waals surface area contributed by atoms with Crippen LogP contribution < -0.4 is 9.05 Å². The minimum Gasteiger partial charge on any atom is -0.425 e. The molecule has 1 spiro atoms. The predicted octanol–water partition coefficient (Wildman–Crippen LogP) is 5.99. The summed E-state index contributed by atoms with van der Waals surface area (Å²) in [6, 6.07) is 14.4. The van der Waals surface area contributed by atoms with Gasteiger partial charge in [-0.1, -0.05) is 47.5 Å². The molecule has 2 aliphatic rings. The van der Waals surface area contributed by atoms with Crippen molar-refractivity contribution in [3.05, 3.63) is 58.6 Å². The van der Waals surface area contributed by atoms with Crippen molar-refractivity contribution in [3.63, 3.8) is 0 Å². The molecule has 144 valence electrons. The third kappa shape index (κ3) is 4.84. The Kier molecular flexibility index (Phi) is 6.38. The van der Waals surface area contributed by atoms with Crippen LogP contribution in [0, 0.1) is 5.41 Å². The Morgan fingerprint density at radius 3 is 1.41 bits per heavy atom. The van der Waals surface area contributed by atoms with Crippen molar-refractivity contribution < 1.29 is 27.1 Å². The second-order valence-corrected chi connectivity index (χ2v) is 9.19. The molecule has 0 N–H and O–H groups in total. The Balaban J connectivity index is 1.27. The van der Waals surface area contributed by atoms with Crippen LogP contribution in [-0.2, 0) is 18.1 Å². The molecule has 10 heteroatoms. The third-order valence-corrected chi connectivity index (χ3v) is 6.60. The Hall–Kier alpha value is -0.680. The number of benzene rings is 2. The van der Waals surface area contributed by atoms with E-state index in [-0.39, 0.29) is 5.41 Å². The standard InChI is InChI=1S/C17H16Cl2O6P2/c18-13-5-1-3-7-15(13)24-26-20-9-17(10-21-26)11-22-27(23-12-17)25-16-8-4-2-6-14(16)19/h1-8H,9-12H2. The summed E-state index contributed by atoms with van der Waals surface area (Å²) >= 11 is 12.2. The van der Waals surface area contributed by atoms with Crippen LogP contribution in [-0.4, -0.2) is 26.4 Å². The van der Waals surface area contributed by atoms with Gasteiger partial charge in [-0.25, -0.2) is 0 Å². The zero-order valence-electron chi connectivity index (χ0n) is 14.0. The SMILES string of the molecule is Clc1ccccc1OP1OCC2(CO1)COP(Oc1ccccc1Cl)OC2. The van der Waals surface area contributed by atoms with Crippen LogP contribution in [0.4, 0.5) is 0 Å². The summed E-state index contributed by atoms with van der Waals surface area (Å²) in [5.41, 5.74) is -0.384. The number of hydrogen-bond acceptors (Lipinski definition) is 6. The fourth-order valence-corrected chi connectivity index (χ4v) is 5.36.